The second-order valence-corrected chi connectivity index (χ2v) is 5.82. The summed E-state index contributed by atoms with van der Waals surface area (Å²) in [6.07, 6.45) is -1.84. The van der Waals surface area contributed by atoms with Crippen LogP contribution < -0.4 is 10.1 Å². The van der Waals surface area contributed by atoms with E-state index in [4.69, 9.17) is 16.3 Å². The smallest absolute Gasteiger partial charge is 0.416 e. The van der Waals surface area contributed by atoms with Gasteiger partial charge in [-0.05, 0) is 18.2 Å². The molecule has 1 N–H and O–H groups in total. The number of nitro groups is 1. The number of hydrogen-bond donors (Lipinski definition) is 1. The van der Waals surface area contributed by atoms with E-state index in [0.717, 1.165) is 18.2 Å². The van der Waals surface area contributed by atoms with Crippen molar-refractivity contribution in [3.63, 3.8) is 0 Å². The minimum atomic E-state index is -4.60. The van der Waals surface area contributed by atoms with E-state index in [9.17, 15) is 32.5 Å². The van der Waals surface area contributed by atoms with Gasteiger partial charge in [0.2, 0.25) is 5.88 Å². The van der Waals surface area contributed by atoms with Gasteiger partial charge >= 0.3 is 6.18 Å². The molecule has 1 aromatic heterocycles. The van der Waals surface area contributed by atoms with Crippen molar-refractivity contribution < 1.29 is 32.0 Å². The Balaban J connectivity index is 1.88. The van der Waals surface area contributed by atoms with Gasteiger partial charge in [0.1, 0.15) is 17.6 Å². The molecular weight excluding hydrogens is 422 g/mol. The van der Waals surface area contributed by atoms with E-state index in [-0.39, 0.29) is 24.2 Å². The summed E-state index contributed by atoms with van der Waals surface area (Å²) in [4.78, 5) is 25.4. The van der Waals surface area contributed by atoms with E-state index in [1.807, 2.05) is 0 Å². The molecule has 0 fully saturated rings. The lowest BCUT2D eigenvalue weighted by atomic mass is 10.1. The lowest BCUT2D eigenvalue weighted by Gasteiger charge is -2.09. The Hall–Kier alpha value is -3.21. The van der Waals surface area contributed by atoms with Crippen molar-refractivity contribution in [2.45, 2.75) is 6.18 Å². The van der Waals surface area contributed by atoms with E-state index in [2.05, 4.69) is 10.3 Å². The minimum Gasteiger partial charge on any atom is -0.473 e. The van der Waals surface area contributed by atoms with Crippen molar-refractivity contribution in [3.8, 4) is 5.88 Å². The van der Waals surface area contributed by atoms with Gasteiger partial charge in [-0.3, -0.25) is 14.9 Å². The first kappa shape index (κ1) is 22.1. The zero-order chi connectivity index (χ0) is 21.6. The van der Waals surface area contributed by atoms with Gasteiger partial charge in [0.25, 0.3) is 11.6 Å². The third-order valence-electron chi connectivity index (χ3n) is 3.38. The highest BCUT2D eigenvalue weighted by atomic mass is 35.5. The number of hydrogen-bond acceptors (Lipinski definition) is 5. The zero-order valence-electron chi connectivity index (χ0n) is 14.4. The van der Waals surface area contributed by atoms with Crippen molar-refractivity contribution in [3.05, 3.63) is 74.7 Å². The van der Waals surface area contributed by atoms with Crippen molar-refractivity contribution in [2.24, 2.45) is 0 Å². The normalized spacial score (nSPS) is 11.5. The van der Waals surface area contributed by atoms with E-state index in [0.29, 0.717) is 12.1 Å². The van der Waals surface area contributed by atoms with Gasteiger partial charge in [0.15, 0.2) is 0 Å². The van der Waals surface area contributed by atoms with Crippen LogP contribution in [0.3, 0.4) is 0 Å². The molecule has 29 heavy (non-hydrogen) atoms. The highest BCUT2D eigenvalue weighted by Gasteiger charge is 2.31. The monoisotopic (exact) mass is 433 g/mol. The predicted octanol–water partition coefficient (Wildman–Crippen LogP) is 4.17. The van der Waals surface area contributed by atoms with Gasteiger partial charge in [-0.25, -0.2) is 9.37 Å². The Bertz CT molecular complexity index is 951. The van der Waals surface area contributed by atoms with Crippen LogP contribution in [0, 0.1) is 15.9 Å². The second-order valence-electron chi connectivity index (χ2n) is 5.43. The first-order chi connectivity index (χ1) is 13.6. The fourth-order valence-corrected chi connectivity index (χ4v) is 2.24. The lowest BCUT2D eigenvalue weighted by molar-refractivity contribution is -0.384. The number of halogens is 5. The van der Waals surface area contributed by atoms with Crippen LogP contribution in [-0.4, -0.2) is 29.0 Å². The number of alkyl halides is 3. The van der Waals surface area contributed by atoms with Gasteiger partial charge in [-0.2, -0.15) is 13.2 Å². The van der Waals surface area contributed by atoms with Crippen LogP contribution in [0.1, 0.15) is 15.9 Å². The maximum Gasteiger partial charge on any atom is 0.416 e. The molecule has 1 aromatic carbocycles. The molecule has 0 aliphatic rings. The summed E-state index contributed by atoms with van der Waals surface area (Å²) in [6.45, 7) is -0.257. The number of pyridine rings is 1. The van der Waals surface area contributed by atoms with Gasteiger partial charge in [0.05, 0.1) is 16.1 Å². The molecule has 1 heterocycles. The summed E-state index contributed by atoms with van der Waals surface area (Å²) in [5, 5.41) is 12.6. The van der Waals surface area contributed by atoms with Crippen LogP contribution >= 0.6 is 11.6 Å². The molecule has 0 saturated heterocycles. The third-order valence-corrected chi connectivity index (χ3v) is 3.57. The summed E-state index contributed by atoms with van der Waals surface area (Å²) in [5.74, 6) is -2.13. The Morgan fingerprint density at radius 3 is 2.66 bits per heavy atom. The highest BCUT2D eigenvalue weighted by Crippen LogP contribution is 2.32. The first-order valence-corrected chi connectivity index (χ1v) is 8.20. The number of carbonyl (C=O) groups is 1. The molecule has 154 valence electrons. The van der Waals surface area contributed by atoms with Gasteiger partial charge in [-0.15, -0.1) is 0 Å². The molecular formula is C17H12ClF4N3O4. The van der Waals surface area contributed by atoms with Crippen LogP contribution in [0.5, 0.6) is 5.88 Å². The molecule has 0 spiro atoms. The molecule has 1 amide bonds. The minimum absolute atomic E-state index is 0.0822. The fraction of sp³-hybridized carbons (Fsp3) is 0.176. The van der Waals surface area contributed by atoms with E-state index < -0.39 is 39.6 Å². The first-order valence-electron chi connectivity index (χ1n) is 7.82. The summed E-state index contributed by atoms with van der Waals surface area (Å²) in [5.41, 5.74) is -1.94. The number of aromatic nitrogens is 1. The maximum absolute atomic E-state index is 13.6. The van der Waals surface area contributed by atoms with E-state index in [1.165, 1.54) is 12.2 Å². The van der Waals surface area contributed by atoms with Crippen molar-refractivity contribution in [1.82, 2.24) is 10.3 Å². The molecule has 2 rings (SSSR count). The molecule has 0 bridgehead atoms. The summed E-state index contributed by atoms with van der Waals surface area (Å²) >= 11 is 5.53. The van der Waals surface area contributed by atoms with Crippen LogP contribution in [0.4, 0.5) is 23.2 Å². The average molecular weight is 434 g/mol. The van der Waals surface area contributed by atoms with E-state index >= 15 is 0 Å². The van der Waals surface area contributed by atoms with E-state index in [1.54, 1.807) is 0 Å². The molecule has 2 aromatic rings. The topological polar surface area (TPSA) is 94.4 Å². The Labute approximate surface area is 166 Å². The number of non-ortho nitro benzene ring substituents is 1. The number of nitro benzene ring substituents is 1. The van der Waals surface area contributed by atoms with Crippen molar-refractivity contribution in [2.75, 3.05) is 13.2 Å². The number of rotatable bonds is 7. The molecule has 0 unspecified atom stereocenters. The highest BCUT2D eigenvalue weighted by molar-refractivity contribution is 6.29. The summed E-state index contributed by atoms with van der Waals surface area (Å²) in [7, 11) is 0. The molecule has 0 radical (unpaired) electrons. The quantitative estimate of drug-likeness (QED) is 0.232. The van der Waals surface area contributed by atoms with Crippen LogP contribution in [0.25, 0.3) is 0 Å². The second kappa shape index (κ2) is 9.32. The number of benzene rings is 1. The van der Waals surface area contributed by atoms with Crippen LogP contribution in [-0.2, 0) is 6.18 Å². The lowest BCUT2D eigenvalue weighted by Crippen LogP contribution is -2.24. The SMILES string of the molecule is O=C(NC/C=C\COc1cc(C(F)(F)F)cc(Cl)n1)c1cc([N+](=O)[O-])ccc1F. The molecule has 0 saturated carbocycles. The zero-order valence-corrected chi connectivity index (χ0v) is 15.1. The Morgan fingerprint density at radius 1 is 1.28 bits per heavy atom. The predicted molar refractivity (Wildman–Crippen MR) is 94.3 cm³/mol. The Kier molecular flexibility index (Phi) is 7.10. The van der Waals surface area contributed by atoms with Gasteiger partial charge in [-0.1, -0.05) is 17.7 Å². The maximum atomic E-state index is 13.6. The summed E-state index contributed by atoms with van der Waals surface area (Å²) < 4.78 is 56.7. The number of nitrogens with one attached hydrogen (secondary N) is 1. The van der Waals surface area contributed by atoms with Gasteiger partial charge < -0.3 is 10.1 Å². The standard InChI is InChI=1S/C17H12ClF4N3O4/c18-14-7-10(17(20,21)22)8-15(24-14)29-6-2-1-5-23-16(26)12-9-11(25(27)28)3-4-13(12)19/h1-4,7-9H,5-6H2,(H,23,26)/b2-1-. The molecule has 0 atom stereocenters. The molecule has 12 heteroatoms. The average Bonchev–Trinajstić information content (AvgIpc) is 2.63. The Morgan fingerprint density at radius 2 is 2.00 bits per heavy atom. The van der Waals surface area contributed by atoms with Crippen LogP contribution in [0.15, 0.2) is 42.5 Å². The van der Waals surface area contributed by atoms with Crippen molar-refractivity contribution >= 4 is 23.2 Å². The molecule has 7 nitrogen and oxygen atoms in total. The number of ether oxygens (including phenoxy) is 1. The van der Waals surface area contributed by atoms with Crippen molar-refractivity contribution in [1.29, 1.82) is 0 Å². The summed E-state index contributed by atoms with van der Waals surface area (Å²) in [6, 6.07) is 3.89. The fourth-order valence-electron chi connectivity index (χ4n) is 2.04. The number of amides is 1. The molecule has 0 aliphatic carbocycles. The molecule has 0 aliphatic heterocycles. The largest absolute Gasteiger partial charge is 0.473 e. The number of carbonyl (C=O) groups excluding carboxylic acids is 1. The van der Waals surface area contributed by atoms with Crippen LogP contribution in [0.2, 0.25) is 5.15 Å². The van der Waals surface area contributed by atoms with Gasteiger partial charge in [0, 0.05) is 24.7 Å². The third kappa shape index (κ3) is 6.42. The number of nitrogens with zero attached hydrogens (tertiary/aromatic N) is 2.